The van der Waals surface area contributed by atoms with Crippen LogP contribution in [0.5, 0.6) is 0 Å². The fourth-order valence-corrected chi connectivity index (χ4v) is 2.20. The largest absolute Gasteiger partial charge is 0 e. The van der Waals surface area contributed by atoms with E-state index < -0.39 is 0 Å². The van der Waals surface area contributed by atoms with Crippen molar-refractivity contribution in [3.63, 3.8) is 0 Å². The van der Waals surface area contributed by atoms with E-state index >= 15 is 0 Å². The summed E-state index contributed by atoms with van der Waals surface area (Å²) in [6.45, 7) is 13.2. The average molecular weight is 1290 g/mol. The molecule has 0 bridgehead atoms. The molecule has 0 amide bonds. The van der Waals surface area contributed by atoms with Gasteiger partial charge in [-0.25, -0.2) is 0 Å². The van der Waals surface area contributed by atoms with Crippen LogP contribution in [0.3, 0.4) is 0 Å². The zero-order valence-corrected chi connectivity index (χ0v) is 30.2. The first-order valence-electron chi connectivity index (χ1n) is 5.52. The van der Waals surface area contributed by atoms with E-state index in [1.165, 1.54) is 48.4 Å². The van der Waals surface area contributed by atoms with Crippen LogP contribution in [0.1, 0.15) is 48.0 Å². The Hall–Kier alpha value is 3.41. The Kier molecular flexibility index (Phi) is 21.3. The van der Waals surface area contributed by atoms with Gasteiger partial charge in [0.25, 0.3) is 0 Å². The van der Waals surface area contributed by atoms with E-state index in [-0.39, 0.29) is 68.6 Å². The molecule has 0 aromatic heterocycles. The van der Waals surface area contributed by atoms with Crippen LogP contribution in [0.15, 0.2) is 4.99 Å². The summed E-state index contributed by atoms with van der Waals surface area (Å²) < 4.78 is 6.07. The Bertz CT molecular complexity index is 360. The second-order valence-corrected chi connectivity index (χ2v) is 9.96. The third-order valence-electron chi connectivity index (χ3n) is 1.97. The number of rotatable bonds is 0. The van der Waals surface area contributed by atoms with Gasteiger partial charge < -0.3 is 0 Å². The molecular formula is C13H20NW6-. The Morgan fingerprint density at radius 1 is 0.950 bits per heavy atom. The van der Waals surface area contributed by atoms with Crippen LogP contribution in [-0.4, -0.2) is 18.0 Å². The van der Waals surface area contributed by atoms with Gasteiger partial charge in [-0.1, -0.05) is 0 Å². The topological polar surface area (TPSA) is 12.4 Å². The zero-order chi connectivity index (χ0) is 13.9. The monoisotopic (exact) mass is 1290 g/mol. The molecule has 0 fully saturated rings. The third kappa shape index (κ3) is 15.0. The molecule has 0 radical (unpaired) electrons. The van der Waals surface area contributed by atoms with Crippen molar-refractivity contribution in [2.24, 2.45) is 15.8 Å². The van der Waals surface area contributed by atoms with Gasteiger partial charge in [0.2, 0.25) is 0 Å². The van der Waals surface area contributed by atoms with E-state index in [0.29, 0.717) is 5.41 Å². The van der Waals surface area contributed by atoms with Gasteiger partial charge in [-0.2, -0.15) is 0 Å². The molecule has 1 aliphatic rings. The molecule has 0 unspecified atom stereocenters. The van der Waals surface area contributed by atoms with Crippen LogP contribution in [-0.2, 0) is 121 Å². The molecule has 20 heavy (non-hydrogen) atoms. The minimum Gasteiger partial charge on any atom is 0 e. The first-order chi connectivity index (χ1) is 7.47. The van der Waals surface area contributed by atoms with Crippen LogP contribution in [0.25, 0.3) is 0 Å². The maximum absolute atomic E-state index is 4.59. The van der Waals surface area contributed by atoms with E-state index in [1.807, 2.05) is 0 Å². The molecule has 0 saturated heterocycles. The molecule has 1 aliphatic heterocycles. The predicted octanol–water partition coefficient (Wildman–Crippen LogP) is 2.52. The minimum absolute atomic E-state index is 0. The Labute approximate surface area is 200 Å². The van der Waals surface area contributed by atoms with Crippen molar-refractivity contribution in [2.75, 3.05) is 0 Å². The van der Waals surface area contributed by atoms with Gasteiger partial charge in [0, 0.05) is 63.2 Å². The van der Waals surface area contributed by atoms with E-state index in [4.69, 9.17) is 0 Å². The van der Waals surface area contributed by atoms with Crippen molar-refractivity contribution < 1.29 is 121 Å². The Morgan fingerprint density at radius 2 is 1.30 bits per heavy atom. The van der Waals surface area contributed by atoms with Crippen LogP contribution >= 0.6 is 0 Å². The summed E-state index contributed by atoms with van der Waals surface area (Å²) in [7, 11) is 0. The van der Waals surface area contributed by atoms with Gasteiger partial charge in [-0.05, 0) is 0 Å². The minimum atomic E-state index is 0. The van der Waals surface area contributed by atoms with Crippen LogP contribution in [0, 0.1) is 10.8 Å². The molecule has 1 rings (SSSR count). The van der Waals surface area contributed by atoms with E-state index in [0.717, 1.165) is 6.42 Å². The molecule has 114 valence electrons. The summed E-state index contributed by atoms with van der Waals surface area (Å²) >= 11 is 4.55. The molecule has 0 N–H and O–H groups in total. The van der Waals surface area contributed by atoms with Gasteiger partial charge in [-0.15, -0.1) is 0 Å². The average Bonchev–Trinajstić information content (AvgIpc) is 2.46. The van der Waals surface area contributed by atoms with Crippen LogP contribution < -0.4 is 0 Å². The van der Waals surface area contributed by atoms with Gasteiger partial charge in [0.1, 0.15) is 0 Å². The van der Waals surface area contributed by atoms with E-state index in [9.17, 15) is 0 Å². The molecule has 0 aliphatic carbocycles. The SMILES string of the molecule is CC(C)(C)C1=N[C](=[W])[C](=[W])C1.CC(C)(C)[C-]=[W].[W].[W].[W]. The first kappa shape index (κ1) is 31.2. The van der Waals surface area contributed by atoms with E-state index in [2.05, 4.69) is 50.9 Å². The fraction of sp³-hybridized carbons (Fsp3) is 0.692. The van der Waals surface area contributed by atoms with Gasteiger partial charge >= 0.3 is 140 Å². The van der Waals surface area contributed by atoms with Crippen molar-refractivity contribution in [3.8, 4) is 0 Å². The molecule has 0 saturated carbocycles. The summed E-state index contributed by atoms with van der Waals surface area (Å²) in [6, 6.07) is 0. The van der Waals surface area contributed by atoms with Crippen molar-refractivity contribution in [1.82, 2.24) is 0 Å². The molecule has 0 aromatic carbocycles. The van der Waals surface area contributed by atoms with Crippen LogP contribution in [0.2, 0.25) is 0 Å². The number of hydrogen-bond acceptors (Lipinski definition) is 1. The summed E-state index contributed by atoms with van der Waals surface area (Å²) in [5.74, 6) is 0. The molecule has 1 heterocycles. The van der Waals surface area contributed by atoms with Gasteiger partial charge in [0.15, 0.2) is 0 Å². The molecular weight excluding hydrogens is 1270 g/mol. The third-order valence-corrected chi connectivity index (χ3v) is 8.62. The molecule has 0 atom stereocenters. The van der Waals surface area contributed by atoms with Crippen LogP contribution in [0.4, 0.5) is 0 Å². The van der Waals surface area contributed by atoms with Crippen molar-refractivity contribution >= 4 is 18.0 Å². The molecule has 7 heteroatoms. The number of nitrogens with zero attached hydrogens (tertiary/aromatic N) is 1. The summed E-state index contributed by atoms with van der Waals surface area (Å²) in [5.41, 5.74) is 1.97. The number of hydrogen-bond donors (Lipinski definition) is 0. The summed E-state index contributed by atoms with van der Waals surface area (Å²) in [5, 5.41) is 0. The predicted molar refractivity (Wildman–Crippen MR) is 66.0 cm³/mol. The normalized spacial score (nSPS) is 13.8. The number of aliphatic imine (C=N–C) groups is 1. The Balaban J connectivity index is -0.000000126. The zero-order valence-electron chi connectivity index (χ0n) is 12.6. The maximum Gasteiger partial charge on any atom is 0 e. The maximum atomic E-state index is 4.59. The van der Waals surface area contributed by atoms with Crippen molar-refractivity contribution in [3.05, 3.63) is 0 Å². The standard InChI is InChI=1S/C8H11N.C5H9.6W/c1-8(2,3)7-5-4-6-9-7;1-5(2,3)4;;;;;;/h5H2,1-3H3;1-3H3;;;;;;/q;-1;;;;;;. The summed E-state index contributed by atoms with van der Waals surface area (Å²) in [4.78, 5) is 4.59. The fourth-order valence-electron chi connectivity index (χ4n) is 0.885. The summed E-state index contributed by atoms with van der Waals surface area (Å²) in [6.07, 6.45) is 1.14. The first-order valence-corrected chi connectivity index (χ1v) is 9.92. The second kappa shape index (κ2) is 13.7. The molecule has 0 aromatic rings. The molecule has 0 spiro atoms. The quantitative estimate of drug-likeness (QED) is 0.332. The smallest absolute Gasteiger partial charge is 0 e. The Morgan fingerprint density at radius 3 is 1.40 bits per heavy atom. The van der Waals surface area contributed by atoms with Crippen molar-refractivity contribution in [2.45, 2.75) is 48.0 Å². The molecule has 1 nitrogen and oxygen atoms in total. The van der Waals surface area contributed by atoms with Gasteiger partial charge in [0.05, 0.1) is 0 Å². The second-order valence-electron chi connectivity index (χ2n) is 6.07. The van der Waals surface area contributed by atoms with Crippen molar-refractivity contribution in [1.29, 1.82) is 0 Å². The van der Waals surface area contributed by atoms with Gasteiger partial charge in [-0.3, -0.25) is 0 Å². The van der Waals surface area contributed by atoms with E-state index in [1.54, 1.807) is 23.3 Å².